The van der Waals surface area contributed by atoms with Gasteiger partial charge in [0.05, 0.1) is 11.4 Å². The van der Waals surface area contributed by atoms with Crippen LogP contribution in [0.4, 0.5) is 0 Å². The second-order valence-corrected chi connectivity index (χ2v) is 7.76. The zero-order valence-corrected chi connectivity index (χ0v) is 15.0. The van der Waals surface area contributed by atoms with Gasteiger partial charge in [0.2, 0.25) is 0 Å². The molecule has 3 heterocycles. The van der Waals surface area contributed by atoms with E-state index in [0.29, 0.717) is 5.69 Å². The van der Waals surface area contributed by atoms with Crippen LogP contribution in [0.1, 0.15) is 49.8 Å². The van der Waals surface area contributed by atoms with Crippen LogP contribution in [0.5, 0.6) is 5.75 Å². The number of hydrogen-bond donors (Lipinski definition) is 1. The maximum absolute atomic E-state index is 12.8. The quantitative estimate of drug-likeness (QED) is 0.809. The zero-order valence-electron chi connectivity index (χ0n) is 15.0. The monoisotopic (exact) mass is 340 g/mol. The average molecular weight is 340 g/mol. The molecule has 0 saturated carbocycles. The van der Waals surface area contributed by atoms with E-state index >= 15 is 0 Å². The minimum absolute atomic E-state index is 0.306. The lowest BCUT2D eigenvalue weighted by atomic mass is 9.87. The maximum Gasteiger partial charge on any atom is 0.355 e. The number of piperidine rings is 1. The summed E-state index contributed by atoms with van der Waals surface area (Å²) in [5.41, 5.74) is 1.57. The van der Waals surface area contributed by atoms with Gasteiger partial charge in [-0.1, -0.05) is 12.1 Å². The highest BCUT2D eigenvalue weighted by Crippen LogP contribution is 2.45. The molecular formula is C20H24N2O3. The Morgan fingerprint density at radius 1 is 1.16 bits per heavy atom. The van der Waals surface area contributed by atoms with E-state index in [1.165, 1.54) is 0 Å². The molecule has 0 amide bonds. The smallest absolute Gasteiger partial charge is 0.355 e. The third-order valence-corrected chi connectivity index (χ3v) is 4.78. The van der Waals surface area contributed by atoms with Crippen molar-refractivity contribution in [2.75, 3.05) is 13.1 Å². The maximum atomic E-state index is 12.8. The van der Waals surface area contributed by atoms with Crippen molar-refractivity contribution in [1.29, 1.82) is 0 Å². The van der Waals surface area contributed by atoms with Gasteiger partial charge in [0.1, 0.15) is 17.0 Å². The summed E-state index contributed by atoms with van der Waals surface area (Å²) in [5, 5.41) is 3.39. The number of esters is 1. The highest BCUT2D eigenvalue weighted by Gasteiger charge is 2.44. The van der Waals surface area contributed by atoms with Crippen molar-refractivity contribution in [3.05, 3.63) is 47.8 Å². The number of nitrogens with one attached hydrogen (secondary N) is 1. The first kappa shape index (κ1) is 16.2. The standard InChI is InChI=1S/C20H24N2O3/c1-19(2,3)25-18(23)15-8-9-17-20(10-12-21-13-11-20)24-16-7-5-4-6-14(16)22(15)17/h4-9,21H,10-13H2,1-3H3. The predicted molar refractivity (Wildman–Crippen MR) is 95.3 cm³/mol. The first-order valence-electron chi connectivity index (χ1n) is 8.84. The van der Waals surface area contributed by atoms with E-state index in [1.54, 1.807) is 0 Å². The van der Waals surface area contributed by atoms with E-state index in [9.17, 15) is 4.79 Å². The van der Waals surface area contributed by atoms with Gasteiger partial charge in [0, 0.05) is 12.8 Å². The molecule has 0 aliphatic carbocycles. The van der Waals surface area contributed by atoms with Gasteiger partial charge in [-0.05, 0) is 58.1 Å². The Kier molecular flexibility index (Phi) is 3.65. The molecule has 5 nitrogen and oxygen atoms in total. The van der Waals surface area contributed by atoms with Crippen molar-refractivity contribution in [3.8, 4) is 11.4 Å². The lowest BCUT2D eigenvalue weighted by molar-refractivity contribution is 0.00449. The van der Waals surface area contributed by atoms with Crippen LogP contribution in [0.25, 0.3) is 5.69 Å². The number of carbonyl (C=O) groups is 1. The lowest BCUT2D eigenvalue weighted by Gasteiger charge is -2.42. The summed E-state index contributed by atoms with van der Waals surface area (Å²) in [6, 6.07) is 11.8. The van der Waals surface area contributed by atoms with Crippen LogP contribution in [0, 0.1) is 0 Å². The van der Waals surface area contributed by atoms with E-state index in [4.69, 9.17) is 9.47 Å². The zero-order chi connectivity index (χ0) is 17.7. The molecule has 2 aromatic rings. The van der Waals surface area contributed by atoms with Crippen molar-refractivity contribution < 1.29 is 14.3 Å². The Morgan fingerprint density at radius 2 is 1.88 bits per heavy atom. The van der Waals surface area contributed by atoms with E-state index < -0.39 is 5.60 Å². The largest absolute Gasteiger partial charge is 0.479 e. The minimum Gasteiger partial charge on any atom is -0.479 e. The van der Waals surface area contributed by atoms with Crippen LogP contribution in [0.3, 0.4) is 0 Å². The Balaban J connectivity index is 1.86. The highest BCUT2D eigenvalue weighted by atomic mass is 16.6. The molecule has 1 fully saturated rings. The number of aromatic nitrogens is 1. The summed E-state index contributed by atoms with van der Waals surface area (Å²) in [6.07, 6.45) is 1.75. The van der Waals surface area contributed by atoms with E-state index in [0.717, 1.165) is 43.1 Å². The summed E-state index contributed by atoms with van der Waals surface area (Å²) in [7, 11) is 0. The molecule has 2 aliphatic heterocycles. The van der Waals surface area contributed by atoms with Gasteiger partial charge in [-0.2, -0.15) is 0 Å². The molecule has 0 atom stereocenters. The number of hydrogen-bond acceptors (Lipinski definition) is 4. The summed E-state index contributed by atoms with van der Waals surface area (Å²) in [5.74, 6) is 0.512. The van der Waals surface area contributed by atoms with Crippen LogP contribution in [0.2, 0.25) is 0 Å². The first-order chi connectivity index (χ1) is 11.9. The fourth-order valence-electron chi connectivity index (χ4n) is 3.72. The topological polar surface area (TPSA) is 52.5 Å². The van der Waals surface area contributed by atoms with Crippen molar-refractivity contribution in [3.63, 3.8) is 0 Å². The van der Waals surface area contributed by atoms with Crippen LogP contribution in [0.15, 0.2) is 36.4 Å². The molecule has 1 aromatic heterocycles. The molecule has 0 bridgehead atoms. The number of rotatable bonds is 1. The van der Waals surface area contributed by atoms with Crippen LogP contribution < -0.4 is 10.1 Å². The van der Waals surface area contributed by atoms with Crippen LogP contribution >= 0.6 is 0 Å². The Hall–Kier alpha value is -2.27. The van der Waals surface area contributed by atoms with Gasteiger partial charge >= 0.3 is 5.97 Å². The Morgan fingerprint density at radius 3 is 2.60 bits per heavy atom. The van der Waals surface area contributed by atoms with E-state index in [2.05, 4.69) is 5.32 Å². The molecule has 4 rings (SSSR count). The molecule has 1 N–H and O–H groups in total. The number of ether oxygens (including phenoxy) is 2. The molecule has 1 saturated heterocycles. The fourth-order valence-corrected chi connectivity index (χ4v) is 3.72. The molecule has 0 unspecified atom stereocenters. The summed E-state index contributed by atoms with van der Waals surface area (Å²) in [6.45, 7) is 7.45. The van der Waals surface area contributed by atoms with Crippen molar-refractivity contribution >= 4 is 5.97 Å². The Labute approximate surface area is 147 Å². The number of nitrogens with zero attached hydrogens (tertiary/aromatic N) is 1. The van der Waals surface area contributed by atoms with Gasteiger partial charge in [-0.25, -0.2) is 4.79 Å². The molecular weight excluding hydrogens is 316 g/mol. The van der Waals surface area contributed by atoms with Gasteiger partial charge in [0.15, 0.2) is 5.60 Å². The van der Waals surface area contributed by atoms with Crippen molar-refractivity contribution in [2.24, 2.45) is 0 Å². The lowest BCUT2D eigenvalue weighted by Crippen LogP contribution is -2.47. The molecule has 132 valence electrons. The Bertz CT molecular complexity index is 811. The van der Waals surface area contributed by atoms with Gasteiger partial charge < -0.3 is 19.4 Å². The SMILES string of the molecule is CC(C)(C)OC(=O)c1ccc2n1-c1ccccc1OC21CCNCC1. The van der Waals surface area contributed by atoms with Crippen molar-refractivity contribution in [2.45, 2.75) is 44.8 Å². The summed E-state index contributed by atoms with van der Waals surface area (Å²) >= 11 is 0. The van der Waals surface area contributed by atoms with Gasteiger partial charge in [-0.15, -0.1) is 0 Å². The normalized spacial score (nSPS) is 18.2. The summed E-state index contributed by atoms with van der Waals surface area (Å²) in [4.78, 5) is 12.8. The number of benzene rings is 1. The molecule has 1 spiro atoms. The van der Waals surface area contributed by atoms with Crippen LogP contribution in [-0.4, -0.2) is 29.2 Å². The fraction of sp³-hybridized carbons (Fsp3) is 0.450. The number of carbonyl (C=O) groups excluding carboxylic acids is 1. The van der Waals surface area contributed by atoms with Crippen LogP contribution in [-0.2, 0) is 10.3 Å². The summed E-state index contributed by atoms with van der Waals surface area (Å²) < 4.78 is 14.1. The second-order valence-electron chi connectivity index (χ2n) is 7.76. The third kappa shape index (κ3) is 2.72. The van der Waals surface area contributed by atoms with E-state index in [1.807, 2.05) is 61.7 Å². The van der Waals surface area contributed by atoms with Gasteiger partial charge in [0.25, 0.3) is 0 Å². The second kappa shape index (κ2) is 5.63. The number of para-hydroxylation sites is 2. The molecule has 0 radical (unpaired) electrons. The molecule has 2 aliphatic rings. The minimum atomic E-state index is -0.529. The van der Waals surface area contributed by atoms with Gasteiger partial charge in [-0.3, -0.25) is 0 Å². The first-order valence-corrected chi connectivity index (χ1v) is 8.84. The molecule has 25 heavy (non-hydrogen) atoms. The molecule has 5 heteroatoms. The van der Waals surface area contributed by atoms with E-state index in [-0.39, 0.29) is 11.6 Å². The highest BCUT2D eigenvalue weighted by molar-refractivity contribution is 5.89. The molecule has 1 aromatic carbocycles. The predicted octanol–water partition coefficient (Wildman–Crippen LogP) is 3.40. The average Bonchev–Trinajstić information content (AvgIpc) is 3.01. The third-order valence-electron chi connectivity index (χ3n) is 4.78. The number of fused-ring (bicyclic) bond motifs is 4. The van der Waals surface area contributed by atoms with Crippen molar-refractivity contribution in [1.82, 2.24) is 9.88 Å².